The summed E-state index contributed by atoms with van der Waals surface area (Å²) in [5, 5.41) is 2.80. The molecule has 0 heterocycles. The molecule has 0 saturated heterocycles. The largest absolute Gasteiger partial charge is 0.352 e. The smallest absolute Gasteiger partial charge is 0.240 e. The van der Waals surface area contributed by atoms with E-state index in [1.807, 2.05) is 0 Å². The Morgan fingerprint density at radius 3 is 2.39 bits per heavy atom. The van der Waals surface area contributed by atoms with Crippen LogP contribution in [-0.2, 0) is 9.59 Å². The molecule has 1 saturated carbocycles. The van der Waals surface area contributed by atoms with Crippen LogP contribution in [0.1, 0.15) is 39.0 Å². The molecule has 4 nitrogen and oxygen atoms in total. The first-order valence-corrected chi connectivity index (χ1v) is 7.61. The van der Waals surface area contributed by atoms with Gasteiger partial charge in [0.05, 0.1) is 5.69 Å². The standard InChI is InChI=1S/C16H19F3N2O2/c1-10(22)21(13-8-7-12(17)15(18)16(13)19)9-14(23)20-11-5-3-2-4-6-11/h7-8,11H,2-6,9H2,1H3,(H,20,23). The Morgan fingerprint density at radius 2 is 1.78 bits per heavy atom. The third-order valence-corrected chi connectivity index (χ3v) is 3.96. The molecule has 0 atom stereocenters. The summed E-state index contributed by atoms with van der Waals surface area (Å²) in [5.41, 5.74) is -0.449. The lowest BCUT2D eigenvalue weighted by Gasteiger charge is -2.26. The molecule has 0 aliphatic heterocycles. The number of carbonyl (C=O) groups excluding carboxylic acids is 2. The molecule has 1 aliphatic carbocycles. The second-order valence-electron chi connectivity index (χ2n) is 5.70. The predicted octanol–water partition coefficient (Wildman–Crippen LogP) is 2.91. The zero-order valence-corrected chi connectivity index (χ0v) is 12.9. The topological polar surface area (TPSA) is 49.4 Å². The van der Waals surface area contributed by atoms with Gasteiger partial charge in [0.15, 0.2) is 17.5 Å². The maximum atomic E-state index is 13.8. The van der Waals surface area contributed by atoms with Crippen molar-refractivity contribution in [3.63, 3.8) is 0 Å². The lowest BCUT2D eigenvalue weighted by atomic mass is 9.95. The fourth-order valence-electron chi connectivity index (χ4n) is 2.75. The Bertz CT molecular complexity index is 601. The minimum Gasteiger partial charge on any atom is -0.352 e. The predicted molar refractivity (Wildman–Crippen MR) is 79.4 cm³/mol. The summed E-state index contributed by atoms with van der Waals surface area (Å²) in [4.78, 5) is 24.6. The van der Waals surface area contributed by atoms with Gasteiger partial charge in [0.2, 0.25) is 11.8 Å². The van der Waals surface area contributed by atoms with Crippen LogP contribution in [0.25, 0.3) is 0 Å². The summed E-state index contributed by atoms with van der Waals surface area (Å²) in [6.07, 6.45) is 4.92. The summed E-state index contributed by atoms with van der Waals surface area (Å²) in [6.45, 7) is 0.697. The highest BCUT2D eigenvalue weighted by atomic mass is 19.2. The van der Waals surface area contributed by atoms with E-state index in [1.54, 1.807) is 0 Å². The normalized spacial score (nSPS) is 15.3. The van der Waals surface area contributed by atoms with Crippen molar-refractivity contribution in [2.24, 2.45) is 0 Å². The molecular weight excluding hydrogens is 309 g/mol. The highest BCUT2D eigenvalue weighted by Crippen LogP contribution is 2.24. The van der Waals surface area contributed by atoms with Crippen LogP contribution >= 0.6 is 0 Å². The van der Waals surface area contributed by atoms with Crippen molar-refractivity contribution >= 4 is 17.5 Å². The van der Waals surface area contributed by atoms with E-state index in [1.165, 1.54) is 0 Å². The van der Waals surface area contributed by atoms with Crippen molar-refractivity contribution in [1.29, 1.82) is 0 Å². The van der Waals surface area contributed by atoms with E-state index in [-0.39, 0.29) is 6.04 Å². The number of halogens is 3. The first-order chi connectivity index (χ1) is 10.9. The number of rotatable bonds is 4. The van der Waals surface area contributed by atoms with Gasteiger partial charge in [-0.05, 0) is 25.0 Å². The molecule has 1 fully saturated rings. The molecule has 0 spiro atoms. The lowest BCUT2D eigenvalue weighted by Crippen LogP contribution is -2.44. The van der Waals surface area contributed by atoms with Crippen LogP contribution in [-0.4, -0.2) is 24.4 Å². The summed E-state index contributed by atoms with van der Waals surface area (Å²) < 4.78 is 40.2. The molecule has 0 radical (unpaired) electrons. The molecule has 2 amide bonds. The Balaban J connectivity index is 2.11. The average Bonchev–Trinajstić information content (AvgIpc) is 2.52. The van der Waals surface area contributed by atoms with Crippen LogP contribution in [0.3, 0.4) is 0 Å². The van der Waals surface area contributed by atoms with Crippen molar-refractivity contribution < 1.29 is 22.8 Å². The first-order valence-electron chi connectivity index (χ1n) is 7.61. The van der Waals surface area contributed by atoms with Gasteiger partial charge in [-0.1, -0.05) is 19.3 Å². The first kappa shape index (κ1) is 17.3. The van der Waals surface area contributed by atoms with Crippen molar-refractivity contribution in [2.75, 3.05) is 11.4 Å². The molecule has 0 aromatic heterocycles. The van der Waals surface area contributed by atoms with E-state index in [0.29, 0.717) is 0 Å². The van der Waals surface area contributed by atoms with Crippen molar-refractivity contribution in [3.8, 4) is 0 Å². The van der Waals surface area contributed by atoms with E-state index >= 15 is 0 Å². The van der Waals surface area contributed by atoms with Gasteiger partial charge in [-0.3, -0.25) is 9.59 Å². The molecule has 2 rings (SSSR count). The fraction of sp³-hybridized carbons (Fsp3) is 0.500. The molecule has 1 aromatic rings. The lowest BCUT2D eigenvalue weighted by molar-refractivity contribution is -0.123. The molecule has 0 bridgehead atoms. The average molecular weight is 328 g/mol. The molecule has 1 aromatic carbocycles. The Hall–Kier alpha value is -2.05. The van der Waals surface area contributed by atoms with Gasteiger partial charge < -0.3 is 10.2 Å². The van der Waals surface area contributed by atoms with Crippen LogP contribution in [0, 0.1) is 17.5 Å². The van der Waals surface area contributed by atoms with Crippen LogP contribution in [0.15, 0.2) is 12.1 Å². The van der Waals surface area contributed by atoms with Gasteiger partial charge in [0.1, 0.15) is 6.54 Å². The van der Waals surface area contributed by atoms with Crippen molar-refractivity contribution in [3.05, 3.63) is 29.6 Å². The SMILES string of the molecule is CC(=O)N(CC(=O)NC1CCCCC1)c1ccc(F)c(F)c1F. The summed E-state index contributed by atoms with van der Waals surface area (Å²) in [7, 11) is 0. The van der Waals surface area contributed by atoms with E-state index in [2.05, 4.69) is 5.32 Å². The van der Waals surface area contributed by atoms with Gasteiger partial charge in [-0.15, -0.1) is 0 Å². The number of benzene rings is 1. The van der Waals surface area contributed by atoms with E-state index in [9.17, 15) is 22.8 Å². The summed E-state index contributed by atoms with van der Waals surface area (Å²) >= 11 is 0. The Morgan fingerprint density at radius 1 is 1.13 bits per heavy atom. The van der Waals surface area contributed by atoms with Crippen LogP contribution in [0.5, 0.6) is 0 Å². The van der Waals surface area contributed by atoms with Gasteiger partial charge in [-0.25, -0.2) is 13.2 Å². The molecular formula is C16H19F3N2O2. The monoisotopic (exact) mass is 328 g/mol. The second kappa shape index (κ2) is 7.48. The van der Waals surface area contributed by atoms with Gasteiger partial charge in [-0.2, -0.15) is 0 Å². The zero-order chi connectivity index (χ0) is 17.0. The Labute approximate surface area is 132 Å². The number of hydrogen-bond acceptors (Lipinski definition) is 2. The fourth-order valence-corrected chi connectivity index (χ4v) is 2.75. The van der Waals surface area contributed by atoms with Gasteiger partial charge in [0.25, 0.3) is 0 Å². The van der Waals surface area contributed by atoms with Crippen molar-refractivity contribution in [1.82, 2.24) is 5.32 Å². The third-order valence-electron chi connectivity index (χ3n) is 3.96. The van der Waals surface area contributed by atoms with E-state index in [4.69, 9.17) is 0 Å². The molecule has 126 valence electrons. The van der Waals surface area contributed by atoms with E-state index in [0.717, 1.165) is 56.1 Å². The van der Waals surface area contributed by atoms with Crippen molar-refractivity contribution in [2.45, 2.75) is 45.1 Å². The number of anilines is 1. The maximum Gasteiger partial charge on any atom is 0.240 e. The van der Waals surface area contributed by atoms with E-state index < -0.39 is 41.5 Å². The molecule has 23 heavy (non-hydrogen) atoms. The summed E-state index contributed by atoms with van der Waals surface area (Å²) in [6, 6.07) is 1.71. The van der Waals surface area contributed by atoms with Crippen LogP contribution < -0.4 is 10.2 Å². The number of nitrogens with zero attached hydrogens (tertiary/aromatic N) is 1. The van der Waals surface area contributed by atoms with Gasteiger partial charge in [0, 0.05) is 13.0 Å². The van der Waals surface area contributed by atoms with Crippen LogP contribution in [0.2, 0.25) is 0 Å². The highest BCUT2D eigenvalue weighted by molar-refractivity contribution is 5.97. The second-order valence-corrected chi connectivity index (χ2v) is 5.70. The molecule has 0 unspecified atom stereocenters. The van der Waals surface area contributed by atoms with Crippen LogP contribution in [0.4, 0.5) is 18.9 Å². The third kappa shape index (κ3) is 4.24. The highest BCUT2D eigenvalue weighted by Gasteiger charge is 2.24. The minimum atomic E-state index is -1.67. The number of nitrogens with one attached hydrogen (secondary N) is 1. The number of carbonyl (C=O) groups is 2. The number of amides is 2. The summed E-state index contributed by atoms with van der Waals surface area (Å²) in [5.74, 6) is -5.57. The maximum absolute atomic E-state index is 13.8. The minimum absolute atomic E-state index is 0.0415. The molecule has 1 aliphatic rings. The number of hydrogen-bond donors (Lipinski definition) is 1. The zero-order valence-electron chi connectivity index (χ0n) is 12.9. The van der Waals surface area contributed by atoms with Gasteiger partial charge >= 0.3 is 0 Å². The Kier molecular flexibility index (Phi) is 5.63. The molecule has 7 heteroatoms. The quantitative estimate of drug-likeness (QED) is 0.864. The molecule has 1 N–H and O–H groups in total.